The van der Waals surface area contributed by atoms with Crippen LogP contribution in [-0.2, 0) is 0 Å². The van der Waals surface area contributed by atoms with Crippen molar-refractivity contribution in [3.8, 4) is 0 Å². The zero-order valence-electron chi connectivity index (χ0n) is 19.0. The third kappa shape index (κ3) is 5.06. The first kappa shape index (κ1) is 20.0. The van der Waals surface area contributed by atoms with Crippen LogP contribution in [0.5, 0.6) is 0 Å². The summed E-state index contributed by atoms with van der Waals surface area (Å²) >= 11 is 4.38. The standard InChI is InChI=1S/C28H46S/c1-2-17-6-19(17)8-21-10-23(21)12-25-14-27(25)16-28-15-26(28)13-24-11-22(24)9-20-7-18(20)4-3-5-29/h17-29H,2-16H2,1H3. The molecule has 0 aromatic carbocycles. The summed E-state index contributed by atoms with van der Waals surface area (Å²) in [6.45, 7) is 2.40. The zero-order chi connectivity index (χ0) is 19.5. The number of thiol groups is 1. The fourth-order valence-corrected chi connectivity index (χ4v) is 8.08. The van der Waals surface area contributed by atoms with Gasteiger partial charge in [0.2, 0.25) is 0 Å². The van der Waals surface area contributed by atoms with Crippen LogP contribution in [0.2, 0.25) is 0 Å². The van der Waals surface area contributed by atoms with Crippen LogP contribution in [0.1, 0.15) is 96.8 Å². The summed E-state index contributed by atoms with van der Waals surface area (Å²) in [4.78, 5) is 0. The molecule has 0 aromatic heterocycles. The summed E-state index contributed by atoms with van der Waals surface area (Å²) in [5.41, 5.74) is 0. The van der Waals surface area contributed by atoms with Crippen LogP contribution in [0.15, 0.2) is 0 Å². The Hall–Kier alpha value is 0.350. The van der Waals surface area contributed by atoms with Gasteiger partial charge in [0.25, 0.3) is 0 Å². The van der Waals surface area contributed by atoms with Gasteiger partial charge in [-0.2, -0.15) is 12.6 Å². The summed E-state index contributed by atoms with van der Waals surface area (Å²) in [7, 11) is 0. The quantitative estimate of drug-likeness (QED) is 0.275. The Morgan fingerprint density at radius 1 is 0.483 bits per heavy atom. The van der Waals surface area contributed by atoms with Gasteiger partial charge < -0.3 is 0 Å². The highest BCUT2D eigenvalue weighted by molar-refractivity contribution is 7.80. The molecule has 0 aromatic rings. The first-order valence-electron chi connectivity index (χ1n) is 13.8. The topological polar surface area (TPSA) is 0 Å². The number of hydrogen-bond donors (Lipinski definition) is 1. The third-order valence-corrected chi connectivity index (χ3v) is 11.0. The Balaban J connectivity index is 0.810. The van der Waals surface area contributed by atoms with E-state index in [0.717, 1.165) is 41.3 Å². The van der Waals surface area contributed by atoms with Crippen molar-refractivity contribution in [2.75, 3.05) is 5.75 Å². The van der Waals surface area contributed by atoms with Crippen molar-refractivity contribution in [2.45, 2.75) is 96.8 Å². The van der Waals surface area contributed by atoms with Gasteiger partial charge >= 0.3 is 0 Å². The SMILES string of the molecule is CCC1CC1CC1CC1CC1CC1CC1CC1CC1CC1CC1CC1CCCS. The molecular weight excluding hydrogens is 368 g/mol. The molecule has 29 heavy (non-hydrogen) atoms. The van der Waals surface area contributed by atoms with Crippen LogP contribution in [0.4, 0.5) is 0 Å². The largest absolute Gasteiger partial charge is 0.179 e. The van der Waals surface area contributed by atoms with Gasteiger partial charge in [0.15, 0.2) is 0 Å². The minimum Gasteiger partial charge on any atom is -0.179 e. The summed E-state index contributed by atoms with van der Waals surface area (Å²) in [5, 5.41) is 0. The highest BCUT2D eigenvalue weighted by Crippen LogP contribution is 2.62. The second-order valence-corrected chi connectivity index (χ2v) is 13.4. The van der Waals surface area contributed by atoms with E-state index in [1.54, 1.807) is 70.6 Å². The molecule has 0 N–H and O–H groups in total. The molecule has 0 nitrogen and oxygen atoms in total. The smallest absolute Gasteiger partial charge is 0.00978 e. The zero-order valence-corrected chi connectivity index (χ0v) is 19.9. The first-order valence-corrected chi connectivity index (χ1v) is 14.5. The highest BCUT2D eigenvalue weighted by Gasteiger charge is 2.52. The molecule has 0 saturated heterocycles. The maximum atomic E-state index is 4.38. The van der Waals surface area contributed by atoms with Gasteiger partial charge in [-0.05, 0) is 160 Å². The molecule has 0 spiro atoms. The lowest BCUT2D eigenvalue weighted by atomic mass is 10.0. The van der Waals surface area contributed by atoms with E-state index in [-0.39, 0.29) is 0 Å². The van der Waals surface area contributed by atoms with Gasteiger partial charge in [0, 0.05) is 0 Å². The second-order valence-electron chi connectivity index (χ2n) is 13.0. The summed E-state index contributed by atoms with van der Waals surface area (Å²) in [5.74, 6) is 15.0. The van der Waals surface area contributed by atoms with Crippen molar-refractivity contribution in [3.05, 3.63) is 0 Å². The van der Waals surface area contributed by atoms with Gasteiger partial charge in [-0.25, -0.2) is 0 Å². The Labute approximate surface area is 186 Å². The maximum absolute atomic E-state index is 4.38. The molecule has 12 unspecified atom stereocenters. The Bertz CT molecular complexity index is 585. The first-order chi connectivity index (χ1) is 14.2. The Morgan fingerprint density at radius 2 is 0.793 bits per heavy atom. The summed E-state index contributed by atoms with van der Waals surface area (Å²) < 4.78 is 0. The van der Waals surface area contributed by atoms with Gasteiger partial charge in [-0.3, -0.25) is 0 Å². The average Bonchev–Trinajstić information content (AvgIpc) is 3.49. The van der Waals surface area contributed by atoms with Gasteiger partial charge in [-0.15, -0.1) is 0 Å². The third-order valence-electron chi connectivity index (χ3n) is 10.7. The minimum absolute atomic E-state index is 1.10. The van der Waals surface area contributed by atoms with Crippen molar-refractivity contribution in [1.29, 1.82) is 0 Å². The molecule has 0 aliphatic heterocycles. The number of rotatable bonds is 14. The molecule has 6 rings (SSSR count). The van der Waals surface area contributed by atoms with Gasteiger partial charge in [0.05, 0.1) is 0 Å². The van der Waals surface area contributed by atoms with E-state index in [2.05, 4.69) is 19.6 Å². The average molecular weight is 415 g/mol. The molecule has 1 heteroatoms. The molecule has 0 radical (unpaired) electrons. The van der Waals surface area contributed by atoms with E-state index in [1.807, 2.05) is 0 Å². The lowest BCUT2D eigenvalue weighted by molar-refractivity contribution is 0.473. The minimum atomic E-state index is 1.10. The molecule has 0 heterocycles. The van der Waals surface area contributed by atoms with E-state index in [0.29, 0.717) is 0 Å². The van der Waals surface area contributed by atoms with Crippen LogP contribution in [0, 0.1) is 71.0 Å². The van der Waals surface area contributed by atoms with E-state index in [4.69, 9.17) is 0 Å². The molecule has 6 fully saturated rings. The fraction of sp³-hybridized carbons (Fsp3) is 1.00. The van der Waals surface area contributed by atoms with Gasteiger partial charge in [-0.1, -0.05) is 13.3 Å². The van der Waals surface area contributed by atoms with Crippen molar-refractivity contribution < 1.29 is 0 Å². The van der Waals surface area contributed by atoms with Crippen molar-refractivity contribution in [1.82, 2.24) is 0 Å². The lowest BCUT2D eigenvalue weighted by Crippen LogP contribution is -1.94. The molecular formula is C28H46S. The van der Waals surface area contributed by atoms with E-state index in [1.165, 1.54) is 54.8 Å². The molecule has 6 aliphatic carbocycles. The molecule has 0 bridgehead atoms. The van der Waals surface area contributed by atoms with E-state index >= 15 is 0 Å². The molecule has 12 atom stereocenters. The van der Waals surface area contributed by atoms with E-state index < -0.39 is 0 Å². The highest BCUT2D eigenvalue weighted by atomic mass is 32.1. The lowest BCUT2D eigenvalue weighted by Gasteiger charge is -2.03. The normalized spacial score (nSPS) is 53.6. The Morgan fingerprint density at radius 3 is 1.14 bits per heavy atom. The van der Waals surface area contributed by atoms with Crippen molar-refractivity contribution in [3.63, 3.8) is 0 Å². The molecule has 164 valence electrons. The monoisotopic (exact) mass is 414 g/mol. The Kier molecular flexibility index (Phi) is 5.54. The van der Waals surface area contributed by atoms with Crippen molar-refractivity contribution in [2.24, 2.45) is 71.0 Å². The maximum Gasteiger partial charge on any atom is -0.00978 e. The van der Waals surface area contributed by atoms with Crippen LogP contribution >= 0.6 is 12.6 Å². The molecule has 6 saturated carbocycles. The van der Waals surface area contributed by atoms with E-state index in [9.17, 15) is 0 Å². The predicted octanol–water partition coefficient (Wildman–Crippen LogP) is 7.87. The fourth-order valence-electron chi connectivity index (χ4n) is 7.90. The van der Waals surface area contributed by atoms with Gasteiger partial charge in [0.1, 0.15) is 0 Å². The molecule has 0 amide bonds. The number of hydrogen-bond acceptors (Lipinski definition) is 1. The van der Waals surface area contributed by atoms with Crippen molar-refractivity contribution >= 4 is 12.6 Å². The van der Waals surface area contributed by atoms with Crippen LogP contribution < -0.4 is 0 Å². The van der Waals surface area contributed by atoms with Crippen LogP contribution in [0.3, 0.4) is 0 Å². The van der Waals surface area contributed by atoms with Crippen LogP contribution in [0.25, 0.3) is 0 Å². The summed E-state index contributed by atoms with van der Waals surface area (Å²) in [6.07, 6.45) is 22.0. The second kappa shape index (κ2) is 8.04. The summed E-state index contributed by atoms with van der Waals surface area (Å²) in [6, 6.07) is 0. The molecule has 6 aliphatic rings. The predicted molar refractivity (Wildman–Crippen MR) is 126 cm³/mol. The van der Waals surface area contributed by atoms with Crippen LogP contribution in [-0.4, -0.2) is 5.75 Å².